The zero-order valence-corrected chi connectivity index (χ0v) is 11.7. The lowest BCUT2D eigenvalue weighted by molar-refractivity contribution is 0.350. The molecule has 0 amide bonds. The van der Waals surface area contributed by atoms with Crippen LogP contribution in [0.1, 0.15) is 12.8 Å². The van der Waals surface area contributed by atoms with Crippen molar-refractivity contribution in [2.75, 3.05) is 20.2 Å². The van der Waals surface area contributed by atoms with Gasteiger partial charge in [0.15, 0.2) is 0 Å². The number of rotatable bonds is 3. The van der Waals surface area contributed by atoms with E-state index in [1.54, 1.807) is 31.4 Å². The smallest absolute Gasteiger partial charge is 0.243 e. The Kier molecular flexibility index (Phi) is 4.14. The van der Waals surface area contributed by atoms with Gasteiger partial charge in [0.05, 0.1) is 12.0 Å². The molecule has 1 aliphatic rings. The van der Waals surface area contributed by atoms with E-state index in [9.17, 15) is 8.42 Å². The van der Waals surface area contributed by atoms with Crippen LogP contribution in [0.4, 0.5) is 0 Å². The molecule has 0 N–H and O–H groups in total. The molecule has 0 radical (unpaired) electrons. The topological polar surface area (TPSA) is 46.6 Å². The number of sulfonamides is 1. The van der Waals surface area contributed by atoms with E-state index in [4.69, 9.17) is 16.3 Å². The fourth-order valence-electron chi connectivity index (χ4n) is 2.01. The van der Waals surface area contributed by atoms with Gasteiger partial charge in [-0.15, -0.1) is 11.6 Å². The number of hydrogen-bond donors (Lipinski definition) is 0. The Labute approximate surface area is 113 Å². The molecule has 18 heavy (non-hydrogen) atoms. The van der Waals surface area contributed by atoms with Crippen molar-refractivity contribution < 1.29 is 13.2 Å². The van der Waals surface area contributed by atoms with Gasteiger partial charge >= 0.3 is 0 Å². The lowest BCUT2D eigenvalue weighted by Gasteiger charge is -2.28. The molecule has 1 aromatic carbocycles. The van der Waals surface area contributed by atoms with Gasteiger partial charge in [-0.3, -0.25) is 0 Å². The number of methoxy groups -OCH3 is 1. The highest BCUT2D eigenvalue weighted by molar-refractivity contribution is 7.89. The van der Waals surface area contributed by atoms with Gasteiger partial charge in [-0.1, -0.05) is 0 Å². The lowest BCUT2D eigenvalue weighted by atomic mass is 10.2. The second-order valence-corrected chi connectivity index (χ2v) is 6.83. The summed E-state index contributed by atoms with van der Waals surface area (Å²) in [7, 11) is -1.88. The Morgan fingerprint density at radius 2 is 2.00 bits per heavy atom. The maximum Gasteiger partial charge on any atom is 0.243 e. The number of piperidine rings is 1. The predicted molar refractivity (Wildman–Crippen MR) is 70.6 cm³/mol. The van der Waals surface area contributed by atoms with Gasteiger partial charge in [-0.25, -0.2) is 8.42 Å². The molecule has 1 unspecified atom stereocenters. The summed E-state index contributed by atoms with van der Waals surface area (Å²) in [6, 6.07) is 6.42. The molecule has 1 aliphatic heterocycles. The molecular weight excluding hydrogens is 274 g/mol. The molecule has 1 fully saturated rings. The summed E-state index contributed by atoms with van der Waals surface area (Å²) >= 11 is 6.03. The van der Waals surface area contributed by atoms with Crippen LogP contribution in [0, 0.1) is 0 Å². The standard InChI is InChI=1S/C12H16ClNO3S/c1-17-11-4-6-12(7-5-11)18(15,16)14-8-2-3-10(13)9-14/h4-7,10H,2-3,8-9H2,1H3. The van der Waals surface area contributed by atoms with Crippen LogP contribution in [-0.4, -0.2) is 38.3 Å². The number of halogens is 1. The quantitative estimate of drug-likeness (QED) is 0.801. The first kappa shape index (κ1) is 13.6. The van der Waals surface area contributed by atoms with Crippen LogP contribution in [-0.2, 0) is 10.0 Å². The van der Waals surface area contributed by atoms with E-state index in [0.29, 0.717) is 18.8 Å². The third-order valence-corrected chi connectivity index (χ3v) is 5.26. The monoisotopic (exact) mass is 289 g/mol. The molecule has 1 atom stereocenters. The van der Waals surface area contributed by atoms with Crippen LogP contribution in [0.3, 0.4) is 0 Å². The lowest BCUT2D eigenvalue weighted by Crippen LogP contribution is -2.40. The van der Waals surface area contributed by atoms with E-state index in [-0.39, 0.29) is 10.3 Å². The van der Waals surface area contributed by atoms with Gasteiger partial charge in [-0.05, 0) is 37.1 Å². The van der Waals surface area contributed by atoms with Crippen molar-refractivity contribution in [2.45, 2.75) is 23.1 Å². The summed E-state index contributed by atoms with van der Waals surface area (Å²) in [5, 5.41) is -0.0910. The summed E-state index contributed by atoms with van der Waals surface area (Å²) in [6.07, 6.45) is 1.68. The van der Waals surface area contributed by atoms with Crippen molar-refractivity contribution in [3.05, 3.63) is 24.3 Å². The maximum atomic E-state index is 12.4. The fourth-order valence-corrected chi connectivity index (χ4v) is 3.93. The summed E-state index contributed by atoms with van der Waals surface area (Å²) in [5.74, 6) is 0.641. The van der Waals surface area contributed by atoms with Crippen molar-refractivity contribution in [1.82, 2.24) is 4.31 Å². The van der Waals surface area contributed by atoms with E-state index in [0.717, 1.165) is 12.8 Å². The molecule has 1 saturated heterocycles. The van der Waals surface area contributed by atoms with Crippen molar-refractivity contribution in [3.8, 4) is 5.75 Å². The molecule has 1 heterocycles. The number of alkyl halides is 1. The van der Waals surface area contributed by atoms with Crippen molar-refractivity contribution >= 4 is 21.6 Å². The summed E-state index contributed by atoms with van der Waals surface area (Å²) in [4.78, 5) is 0.286. The van der Waals surface area contributed by atoms with Crippen LogP contribution in [0.5, 0.6) is 5.75 Å². The molecule has 0 spiro atoms. The van der Waals surface area contributed by atoms with E-state index >= 15 is 0 Å². The highest BCUT2D eigenvalue weighted by Crippen LogP contribution is 2.24. The van der Waals surface area contributed by atoms with Crippen molar-refractivity contribution in [2.24, 2.45) is 0 Å². The maximum absolute atomic E-state index is 12.4. The van der Waals surface area contributed by atoms with Crippen LogP contribution in [0.2, 0.25) is 0 Å². The number of ether oxygens (including phenoxy) is 1. The van der Waals surface area contributed by atoms with Gasteiger partial charge in [0, 0.05) is 18.5 Å². The SMILES string of the molecule is COc1ccc(S(=O)(=O)N2CCCC(Cl)C2)cc1. The third kappa shape index (κ3) is 2.79. The summed E-state index contributed by atoms with van der Waals surface area (Å²) in [5.41, 5.74) is 0. The zero-order chi connectivity index (χ0) is 13.2. The zero-order valence-electron chi connectivity index (χ0n) is 10.2. The molecule has 0 aromatic heterocycles. The molecule has 4 nitrogen and oxygen atoms in total. The normalized spacial score (nSPS) is 21.8. The minimum atomic E-state index is -3.43. The van der Waals surface area contributed by atoms with Gasteiger partial charge in [-0.2, -0.15) is 4.31 Å². The van der Waals surface area contributed by atoms with Crippen molar-refractivity contribution in [3.63, 3.8) is 0 Å². The van der Waals surface area contributed by atoms with E-state index < -0.39 is 10.0 Å². The molecule has 2 rings (SSSR count). The summed E-state index contributed by atoms with van der Waals surface area (Å²) in [6.45, 7) is 0.924. The molecule has 100 valence electrons. The number of benzene rings is 1. The van der Waals surface area contributed by atoms with Crippen LogP contribution in [0.15, 0.2) is 29.2 Å². The first-order chi connectivity index (χ1) is 8.54. The van der Waals surface area contributed by atoms with E-state index in [1.807, 2.05) is 0 Å². The highest BCUT2D eigenvalue weighted by Gasteiger charge is 2.29. The summed E-state index contributed by atoms with van der Waals surface area (Å²) < 4.78 is 31.2. The van der Waals surface area contributed by atoms with E-state index in [2.05, 4.69) is 0 Å². The first-order valence-electron chi connectivity index (χ1n) is 5.82. The molecule has 0 bridgehead atoms. The molecule has 0 saturated carbocycles. The second-order valence-electron chi connectivity index (χ2n) is 4.28. The average molecular weight is 290 g/mol. The highest BCUT2D eigenvalue weighted by atomic mass is 35.5. The number of hydrogen-bond acceptors (Lipinski definition) is 3. The van der Waals surface area contributed by atoms with Gasteiger partial charge < -0.3 is 4.74 Å². The Bertz CT molecular complexity index is 501. The average Bonchev–Trinajstić information content (AvgIpc) is 2.39. The fraction of sp³-hybridized carbons (Fsp3) is 0.500. The Balaban J connectivity index is 2.23. The molecular formula is C12H16ClNO3S. The Morgan fingerprint density at radius 1 is 1.33 bits per heavy atom. The molecule has 6 heteroatoms. The number of nitrogens with zero attached hydrogens (tertiary/aromatic N) is 1. The van der Waals surface area contributed by atoms with Crippen LogP contribution < -0.4 is 4.74 Å². The third-order valence-electron chi connectivity index (χ3n) is 3.02. The first-order valence-corrected chi connectivity index (χ1v) is 7.70. The Morgan fingerprint density at radius 3 is 2.56 bits per heavy atom. The largest absolute Gasteiger partial charge is 0.497 e. The van der Waals surface area contributed by atoms with Crippen LogP contribution >= 0.6 is 11.6 Å². The molecule has 1 aromatic rings. The minimum absolute atomic E-state index is 0.0910. The van der Waals surface area contributed by atoms with Gasteiger partial charge in [0.25, 0.3) is 0 Å². The molecule has 0 aliphatic carbocycles. The minimum Gasteiger partial charge on any atom is -0.497 e. The Hall–Kier alpha value is -0.780. The van der Waals surface area contributed by atoms with Crippen LogP contribution in [0.25, 0.3) is 0 Å². The predicted octanol–water partition coefficient (Wildman–Crippen LogP) is 2.09. The van der Waals surface area contributed by atoms with Gasteiger partial charge in [0.1, 0.15) is 5.75 Å². The van der Waals surface area contributed by atoms with E-state index in [1.165, 1.54) is 4.31 Å². The van der Waals surface area contributed by atoms with Crippen molar-refractivity contribution in [1.29, 1.82) is 0 Å². The second kappa shape index (κ2) is 5.47. The van der Waals surface area contributed by atoms with Gasteiger partial charge in [0.2, 0.25) is 10.0 Å².